The number of halogens is 1. The van der Waals surface area contributed by atoms with Crippen LogP contribution in [0.1, 0.15) is 26.7 Å². The van der Waals surface area contributed by atoms with Crippen LogP contribution in [0.5, 0.6) is 0 Å². The lowest BCUT2D eigenvalue weighted by Gasteiger charge is -2.27. The largest absolute Gasteiger partial charge is 0.467 e. The van der Waals surface area contributed by atoms with Gasteiger partial charge < -0.3 is 20.1 Å². The van der Waals surface area contributed by atoms with E-state index >= 15 is 0 Å². The number of hydrogen-bond acceptors (Lipinski definition) is 5. The van der Waals surface area contributed by atoms with Gasteiger partial charge in [0.25, 0.3) is 0 Å². The Morgan fingerprint density at radius 3 is 2.37 bits per heavy atom. The number of nitrogens with one attached hydrogen (secondary N) is 2. The number of ether oxygens (including phenoxy) is 2. The summed E-state index contributed by atoms with van der Waals surface area (Å²) in [5, 5.41) is 5.62. The minimum absolute atomic E-state index is 0. The van der Waals surface area contributed by atoms with Crippen molar-refractivity contribution < 1.29 is 19.1 Å². The molecule has 0 aliphatic carbocycles. The van der Waals surface area contributed by atoms with Crippen LogP contribution in [0.2, 0.25) is 0 Å². The molecule has 0 heterocycles. The number of amides is 1. The van der Waals surface area contributed by atoms with Crippen molar-refractivity contribution >= 4 is 24.3 Å². The fourth-order valence-electron chi connectivity index (χ4n) is 1.67. The average molecular weight is 297 g/mol. The molecule has 19 heavy (non-hydrogen) atoms. The molecule has 0 saturated carbocycles. The van der Waals surface area contributed by atoms with E-state index in [4.69, 9.17) is 9.47 Å². The second-order valence-corrected chi connectivity index (χ2v) is 4.29. The highest BCUT2D eigenvalue weighted by Gasteiger charge is 2.34. The Balaban J connectivity index is 0. The molecule has 0 rings (SSSR count). The molecule has 1 atom stereocenters. The predicted octanol–water partition coefficient (Wildman–Crippen LogP) is 0.492. The summed E-state index contributed by atoms with van der Waals surface area (Å²) in [6.07, 6.45) is 1.33. The molecule has 0 bridgehead atoms. The van der Waals surface area contributed by atoms with E-state index in [1.54, 1.807) is 14.0 Å². The van der Waals surface area contributed by atoms with Crippen molar-refractivity contribution in [2.75, 3.05) is 33.9 Å². The van der Waals surface area contributed by atoms with Gasteiger partial charge in [0.15, 0.2) is 0 Å². The quantitative estimate of drug-likeness (QED) is 0.478. The highest BCUT2D eigenvalue weighted by Crippen LogP contribution is 2.13. The van der Waals surface area contributed by atoms with Crippen LogP contribution in [0.15, 0.2) is 0 Å². The highest BCUT2D eigenvalue weighted by molar-refractivity contribution is 5.88. The molecule has 0 spiro atoms. The molecular formula is C12H25ClN2O4. The average Bonchev–Trinajstić information content (AvgIpc) is 2.33. The second kappa shape index (κ2) is 11.0. The number of rotatable bonds is 9. The summed E-state index contributed by atoms with van der Waals surface area (Å²) in [5.74, 6) is -0.651. The molecule has 2 N–H and O–H groups in total. The van der Waals surface area contributed by atoms with E-state index in [1.165, 1.54) is 7.11 Å². The van der Waals surface area contributed by atoms with E-state index in [0.717, 1.165) is 6.42 Å². The van der Waals surface area contributed by atoms with Gasteiger partial charge in [-0.2, -0.15) is 0 Å². The summed E-state index contributed by atoms with van der Waals surface area (Å²) in [6.45, 7) is 4.91. The first-order chi connectivity index (χ1) is 8.50. The third-order valence-electron chi connectivity index (χ3n) is 2.57. The van der Waals surface area contributed by atoms with Gasteiger partial charge in [0, 0.05) is 13.7 Å². The normalized spacial score (nSPS) is 13.1. The van der Waals surface area contributed by atoms with E-state index in [0.29, 0.717) is 19.6 Å². The fourth-order valence-corrected chi connectivity index (χ4v) is 1.67. The van der Waals surface area contributed by atoms with Gasteiger partial charge in [-0.15, -0.1) is 12.4 Å². The van der Waals surface area contributed by atoms with E-state index in [9.17, 15) is 9.59 Å². The van der Waals surface area contributed by atoms with Crippen molar-refractivity contribution in [2.24, 2.45) is 0 Å². The third kappa shape index (κ3) is 8.02. The molecule has 114 valence electrons. The van der Waals surface area contributed by atoms with Gasteiger partial charge in [-0.3, -0.25) is 4.79 Å². The van der Waals surface area contributed by atoms with Gasteiger partial charge in [0.2, 0.25) is 5.91 Å². The number of methoxy groups -OCH3 is 2. The third-order valence-corrected chi connectivity index (χ3v) is 2.57. The maximum absolute atomic E-state index is 11.7. The van der Waals surface area contributed by atoms with Crippen molar-refractivity contribution in [1.82, 2.24) is 10.6 Å². The molecule has 0 aromatic rings. The standard InChI is InChI=1S/C12H24N2O4.ClH/c1-5-6-12(2,11(16)18-4)14-10(15)9-13-7-8-17-3;/h13H,5-9H2,1-4H3,(H,14,15);1H. The summed E-state index contributed by atoms with van der Waals surface area (Å²) in [6, 6.07) is 0. The second-order valence-electron chi connectivity index (χ2n) is 4.29. The Morgan fingerprint density at radius 2 is 1.89 bits per heavy atom. The van der Waals surface area contributed by atoms with Gasteiger partial charge in [-0.1, -0.05) is 13.3 Å². The van der Waals surface area contributed by atoms with Crippen LogP contribution in [0.3, 0.4) is 0 Å². The molecule has 0 aliphatic heterocycles. The van der Waals surface area contributed by atoms with Gasteiger partial charge in [-0.05, 0) is 13.3 Å². The summed E-state index contributed by atoms with van der Waals surface area (Å²) < 4.78 is 9.57. The van der Waals surface area contributed by atoms with Crippen molar-refractivity contribution in [1.29, 1.82) is 0 Å². The highest BCUT2D eigenvalue weighted by atomic mass is 35.5. The molecule has 1 unspecified atom stereocenters. The predicted molar refractivity (Wildman–Crippen MR) is 75.5 cm³/mol. The molecule has 1 amide bonds. The summed E-state index contributed by atoms with van der Waals surface area (Å²) in [4.78, 5) is 23.4. The zero-order chi connectivity index (χ0) is 14.0. The lowest BCUT2D eigenvalue weighted by molar-refractivity contribution is -0.150. The smallest absolute Gasteiger partial charge is 0.331 e. The molecule has 7 heteroatoms. The first-order valence-electron chi connectivity index (χ1n) is 6.09. The monoisotopic (exact) mass is 296 g/mol. The number of carbonyl (C=O) groups is 2. The van der Waals surface area contributed by atoms with Crippen LogP contribution >= 0.6 is 12.4 Å². The summed E-state index contributed by atoms with van der Waals surface area (Å²) in [5.41, 5.74) is -0.955. The molecule has 0 fully saturated rings. The van der Waals surface area contributed by atoms with Crippen molar-refractivity contribution in [3.8, 4) is 0 Å². The maximum Gasteiger partial charge on any atom is 0.331 e. The molecular weight excluding hydrogens is 272 g/mol. The Bertz CT molecular complexity index is 276. The number of carbonyl (C=O) groups excluding carboxylic acids is 2. The van der Waals surface area contributed by atoms with Crippen molar-refractivity contribution in [3.05, 3.63) is 0 Å². The summed E-state index contributed by atoms with van der Waals surface area (Å²) >= 11 is 0. The SMILES string of the molecule is CCCC(C)(NC(=O)CNCCOC)C(=O)OC.Cl. The van der Waals surface area contributed by atoms with Crippen LogP contribution in [0.25, 0.3) is 0 Å². The van der Waals surface area contributed by atoms with Gasteiger partial charge >= 0.3 is 5.97 Å². The lowest BCUT2D eigenvalue weighted by Crippen LogP contribution is -2.54. The molecule has 0 aromatic heterocycles. The van der Waals surface area contributed by atoms with Gasteiger partial charge in [0.1, 0.15) is 5.54 Å². The van der Waals surface area contributed by atoms with Crippen LogP contribution < -0.4 is 10.6 Å². The zero-order valence-electron chi connectivity index (χ0n) is 12.1. The van der Waals surface area contributed by atoms with Gasteiger partial charge in [-0.25, -0.2) is 4.79 Å². The molecule has 0 saturated heterocycles. The number of esters is 1. The van der Waals surface area contributed by atoms with Gasteiger partial charge in [0.05, 0.1) is 20.3 Å². The zero-order valence-corrected chi connectivity index (χ0v) is 12.9. The maximum atomic E-state index is 11.7. The minimum atomic E-state index is -0.955. The fraction of sp³-hybridized carbons (Fsp3) is 0.833. The topological polar surface area (TPSA) is 76.7 Å². The lowest BCUT2D eigenvalue weighted by atomic mass is 9.96. The molecule has 0 aliphatic rings. The van der Waals surface area contributed by atoms with E-state index in [2.05, 4.69) is 10.6 Å². The first-order valence-corrected chi connectivity index (χ1v) is 6.09. The Hall–Kier alpha value is -0.850. The molecule has 0 aromatic carbocycles. The molecule has 0 radical (unpaired) electrons. The van der Waals surface area contributed by atoms with E-state index in [1.807, 2.05) is 6.92 Å². The minimum Gasteiger partial charge on any atom is -0.467 e. The molecule has 6 nitrogen and oxygen atoms in total. The summed E-state index contributed by atoms with van der Waals surface area (Å²) in [7, 11) is 2.91. The van der Waals surface area contributed by atoms with Crippen molar-refractivity contribution in [2.45, 2.75) is 32.2 Å². The van der Waals surface area contributed by atoms with Crippen LogP contribution in [-0.4, -0.2) is 51.3 Å². The van der Waals surface area contributed by atoms with Crippen LogP contribution in [0.4, 0.5) is 0 Å². The van der Waals surface area contributed by atoms with E-state index < -0.39 is 11.5 Å². The van der Waals surface area contributed by atoms with Crippen LogP contribution in [0, 0.1) is 0 Å². The number of hydrogen-bond donors (Lipinski definition) is 2. The first kappa shape index (κ1) is 20.5. The van der Waals surface area contributed by atoms with E-state index in [-0.39, 0.29) is 24.9 Å². The Morgan fingerprint density at radius 1 is 1.26 bits per heavy atom. The Labute approximate surface area is 121 Å². The van der Waals surface area contributed by atoms with Crippen LogP contribution in [-0.2, 0) is 19.1 Å². The van der Waals surface area contributed by atoms with Crippen molar-refractivity contribution in [3.63, 3.8) is 0 Å². The Kier molecular flexibility index (Phi) is 11.9.